The van der Waals surface area contributed by atoms with Crippen LogP contribution in [0.4, 0.5) is 0 Å². The molecule has 0 aliphatic carbocycles. The van der Waals surface area contributed by atoms with Crippen LogP contribution in [0.5, 0.6) is 0 Å². The molecular weight excluding hydrogens is 304 g/mol. The van der Waals surface area contributed by atoms with Gasteiger partial charge in [-0.15, -0.1) is 0 Å². The molecule has 1 fully saturated rings. The number of amides is 2. The van der Waals surface area contributed by atoms with E-state index in [0.29, 0.717) is 5.02 Å². The Kier molecular flexibility index (Phi) is 4.12. The minimum absolute atomic E-state index is 0.0113. The fourth-order valence-corrected chi connectivity index (χ4v) is 3.64. The first-order valence-corrected chi connectivity index (χ1v) is 7.71. The number of halogens is 1. The predicted octanol–water partition coefficient (Wildman–Crippen LogP) is 0.766. The van der Waals surface area contributed by atoms with Gasteiger partial charge >= 0.3 is 0 Å². The molecule has 1 aliphatic rings. The summed E-state index contributed by atoms with van der Waals surface area (Å²) in [6.07, 6.45) is 0.284. The van der Waals surface area contributed by atoms with Gasteiger partial charge in [-0.2, -0.15) is 4.31 Å². The van der Waals surface area contributed by atoms with Crippen molar-refractivity contribution in [3.8, 4) is 0 Å². The van der Waals surface area contributed by atoms with Crippen molar-refractivity contribution in [3.63, 3.8) is 0 Å². The van der Waals surface area contributed by atoms with Crippen LogP contribution in [0, 0.1) is 0 Å². The van der Waals surface area contributed by atoms with Crippen molar-refractivity contribution in [2.75, 3.05) is 7.05 Å². The van der Waals surface area contributed by atoms with Gasteiger partial charge in [-0.05, 0) is 24.6 Å². The van der Waals surface area contributed by atoms with Crippen LogP contribution in [0.1, 0.15) is 12.8 Å². The monoisotopic (exact) mass is 316 g/mol. The van der Waals surface area contributed by atoms with Gasteiger partial charge in [-0.3, -0.25) is 14.9 Å². The lowest BCUT2D eigenvalue weighted by Gasteiger charge is -2.28. The van der Waals surface area contributed by atoms with E-state index in [4.69, 9.17) is 11.6 Å². The quantitative estimate of drug-likeness (QED) is 0.835. The number of sulfonamides is 1. The van der Waals surface area contributed by atoms with Crippen molar-refractivity contribution in [2.24, 2.45) is 0 Å². The number of nitrogens with one attached hydrogen (secondary N) is 1. The van der Waals surface area contributed by atoms with E-state index in [1.54, 1.807) is 6.07 Å². The molecule has 0 radical (unpaired) electrons. The summed E-state index contributed by atoms with van der Waals surface area (Å²) < 4.78 is 25.8. The molecule has 1 saturated heterocycles. The van der Waals surface area contributed by atoms with Crippen molar-refractivity contribution < 1.29 is 18.0 Å². The highest BCUT2D eigenvalue weighted by atomic mass is 35.5. The molecule has 0 saturated carbocycles. The third-order valence-corrected chi connectivity index (χ3v) is 5.22. The van der Waals surface area contributed by atoms with E-state index in [0.717, 1.165) is 4.31 Å². The third-order valence-electron chi connectivity index (χ3n) is 3.12. The number of likely N-dealkylation sites (N-methyl/N-ethyl adjacent to an activating group) is 1. The summed E-state index contributed by atoms with van der Waals surface area (Å²) in [7, 11) is -2.52. The van der Waals surface area contributed by atoms with Crippen LogP contribution in [0.3, 0.4) is 0 Å². The first-order chi connectivity index (χ1) is 9.32. The van der Waals surface area contributed by atoms with Crippen LogP contribution < -0.4 is 5.32 Å². The van der Waals surface area contributed by atoms with Gasteiger partial charge < -0.3 is 0 Å². The van der Waals surface area contributed by atoms with Crippen LogP contribution in [-0.2, 0) is 19.6 Å². The zero-order chi connectivity index (χ0) is 14.9. The van der Waals surface area contributed by atoms with Gasteiger partial charge in [0.15, 0.2) is 0 Å². The lowest BCUT2D eigenvalue weighted by atomic mass is 10.1. The Balaban J connectivity index is 2.30. The van der Waals surface area contributed by atoms with Gasteiger partial charge in [0.2, 0.25) is 21.8 Å². The highest BCUT2D eigenvalue weighted by Crippen LogP contribution is 2.22. The third kappa shape index (κ3) is 2.84. The molecule has 0 spiro atoms. The van der Waals surface area contributed by atoms with Gasteiger partial charge in [0.05, 0.1) is 4.90 Å². The molecule has 0 bridgehead atoms. The number of benzene rings is 1. The number of hydrogen-bond donors (Lipinski definition) is 1. The molecular formula is C12H13ClN2O4S. The van der Waals surface area contributed by atoms with Gasteiger partial charge in [-0.25, -0.2) is 8.42 Å². The minimum Gasteiger partial charge on any atom is -0.295 e. The molecule has 8 heteroatoms. The van der Waals surface area contributed by atoms with Crippen molar-refractivity contribution >= 4 is 33.4 Å². The zero-order valence-corrected chi connectivity index (χ0v) is 12.2. The molecule has 1 atom stereocenters. The number of carbonyl (C=O) groups is 2. The van der Waals surface area contributed by atoms with Crippen molar-refractivity contribution in [3.05, 3.63) is 29.3 Å². The molecule has 1 N–H and O–H groups in total. The number of hydrogen-bond acceptors (Lipinski definition) is 4. The highest BCUT2D eigenvalue weighted by molar-refractivity contribution is 7.89. The predicted molar refractivity (Wildman–Crippen MR) is 72.6 cm³/mol. The molecule has 0 aromatic heterocycles. The number of carbonyl (C=O) groups excluding carboxylic acids is 2. The average Bonchev–Trinajstić information content (AvgIpc) is 2.38. The second-order valence-electron chi connectivity index (χ2n) is 4.45. The lowest BCUT2D eigenvalue weighted by molar-refractivity contribution is -0.135. The summed E-state index contributed by atoms with van der Waals surface area (Å²) in [6, 6.07) is 4.92. The minimum atomic E-state index is -3.83. The summed E-state index contributed by atoms with van der Waals surface area (Å²) in [4.78, 5) is 22.8. The molecule has 1 unspecified atom stereocenters. The number of rotatable bonds is 3. The molecule has 6 nitrogen and oxygen atoms in total. The molecule has 1 heterocycles. The smallest absolute Gasteiger partial charge is 0.245 e. The maximum Gasteiger partial charge on any atom is 0.245 e. The normalized spacial score (nSPS) is 20.1. The van der Waals surface area contributed by atoms with Crippen LogP contribution in [0.2, 0.25) is 5.02 Å². The van der Waals surface area contributed by atoms with Gasteiger partial charge in [-0.1, -0.05) is 17.7 Å². The van der Waals surface area contributed by atoms with E-state index >= 15 is 0 Å². The average molecular weight is 317 g/mol. The lowest BCUT2D eigenvalue weighted by Crippen LogP contribution is -2.52. The first kappa shape index (κ1) is 15.0. The fourth-order valence-electron chi connectivity index (χ4n) is 1.99. The van der Waals surface area contributed by atoms with Crippen LogP contribution in [-0.4, -0.2) is 37.6 Å². The summed E-state index contributed by atoms with van der Waals surface area (Å²) in [5, 5.41) is 2.43. The summed E-state index contributed by atoms with van der Waals surface area (Å²) in [5.74, 6) is -0.992. The Bertz CT molecular complexity index is 659. The Labute approximate surface area is 121 Å². The molecule has 108 valence electrons. The van der Waals surface area contributed by atoms with E-state index in [-0.39, 0.29) is 23.6 Å². The van der Waals surface area contributed by atoms with E-state index in [2.05, 4.69) is 5.32 Å². The standard InChI is InChI=1S/C12H13ClN2O4S/c1-15(10-5-6-11(16)14-12(10)17)20(18,19)9-4-2-3-8(13)7-9/h2-4,7,10H,5-6H2,1H3,(H,14,16,17). The second-order valence-corrected chi connectivity index (χ2v) is 6.88. The Hall–Kier alpha value is -1.44. The summed E-state index contributed by atoms with van der Waals surface area (Å²) in [5.41, 5.74) is 0. The van der Waals surface area contributed by atoms with Crippen LogP contribution in [0.15, 0.2) is 29.2 Å². The summed E-state index contributed by atoms with van der Waals surface area (Å²) >= 11 is 5.78. The van der Waals surface area contributed by atoms with Crippen molar-refractivity contribution in [1.29, 1.82) is 0 Å². The topological polar surface area (TPSA) is 83.6 Å². The maximum atomic E-state index is 12.4. The second kappa shape index (κ2) is 5.51. The van der Waals surface area contributed by atoms with Crippen molar-refractivity contribution in [1.82, 2.24) is 9.62 Å². The van der Waals surface area contributed by atoms with E-state index < -0.39 is 22.0 Å². The van der Waals surface area contributed by atoms with Crippen LogP contribution in [0.25, 0.3) is 0 Å². The summed E-state index contributed by atoms with van der Waals surface area (Å²) in [6.45, 7) is 0. The van der Waals surface area contributed by atoms with E-state index in [1.165, 1.54) is 25.2 Å². The zero-order valence-electron chi connectivity index (χ0n) is 10.7. The fraction of sp³-hybridized carbons (Fsp3) is 0.333. The SMILES string of the molecule is CN(C1CCC(=O)NC1=O)S(=O)(=O)c1cccc(Cl)c1. The molecule has 1 aliphatic heterocycles. The Morgan fingerprint density at radius 2 is 2.05 bits per heavy atom. The molecule has 2 rings (SSSR count). The van der Waals surface area contributed by atoms with Crippen molar-refractivity contribution in [2.45, 2.75) is 23.8 Å². The number of nitrogens with zero attached hydrogens (tertiary/aromatic N) is 1. The highest BCUT2D eigenvalue weighted by Gasteiger charge is 2.36. The van der Waals surface area contributed by atoms with Gasteiger partial charge in [0.1, 0.15) is 6.04 Å². The maximum absolute atomic E-state index is 12.4. The van der Waals surface area contributed by atoms with Crippen LogP contribution >= 0.6 is 11.6 Å². The molecule has 1 aromatic carbocycles. The number of imide groups is 1. The molecule has 2 amide bonds. The Morgan fingerprint density at radius 3 is 2.65 bits per heavy atom. The van der Waals surface area contributed by atoms with E-state index in [9.17, 15) is 18.0 Å². The number of piperidine rings is 1. The largest absolute Gasteiger partial charge is 0.295 e. The van der Waals surface area contributed by atoms with E-state index in [1.807, 2.05) is 0 Å². The first-order valence-electron chi connectivity index (χ1n) is 5.89. The van der Waals surface area contributed by atoms with Gasteiger partial charge in [0, 0.05) is 18.5 Å². The molecule has 1 aromatic rings. The van der Waals surface area contributed by atoms with Gasteiger partial charge in [0.25, 0.3) is 0 Å². The Morgan fingerprint density at radius 1 is 1.35 bits per heavy atom. The molecule has 20 heavy (non-hydrogen) atoms.